The molecule has 1 rings (SSSR count). The zero-order valence-corrected chi connectivity index (χ0v) is 10.5. The van der Waals surface area contributed by atoms with E-state index in [1.165, 1.54) is 6.07 Å². The second-order valence-corrected chi connectivity index (χ2v) is 4.60. The number of hydrogen-bond acceptors (Lipinski definition) is 2. The molecule has 0 radical (unpaired) electrons. The van der Waals surface area contributed by atoms with Crippen molar-refractivity contribution in [3.63, 3.8) is 0 Å². The minimum absolute atomic E-state index is 0.183. The monoisotopic (exact) mass is 238 g/mol. The van der Waals surface area contributed by atoms with Crippen molar-refractivity contribution in [2.75, 3.05) is 5.32 Å². The van der Waals surface area contributed by atoms with Gasteiger partial charge in [-0.2, -0.15) is 0 Å². The van der Waals surface area contributed by atoms with Crippen LogP contribution in [0, 0.1) is 12.7 Å². The molecule has 4 heteroatoms. The molecule has 0 aliphatic heterocycles. The summed E-state index contributed by atoms with van der Waals surface area (Å²) in [6.07, 6.45) is 1.36. The van der Waals surface area contributed by atoms with Gasteiger partial charge in [-0.25, -0.2) is 4.39 Å². The predicted molar refractivity (Wildman–Crippen MR) is 67.3 cm³/mol. The number of aryl methyl sites for hydroxylation is 1. The number of nitrogens with one attached hydrogen (secondary N) is 1. The average molecular weight is 238 g/mol. The van der Waals surface area contributed by atoms with Gasteiger partial charge in [0.2, 0.25) is 5.91 Å². The lowest BCUT2D eigenvalue weighted by atomic mass is 9.96. The minimum atomic E-state index is -0.967. The molecule has 94 valence electrons. The summed E-state index contributed by atoms with van der Waals surface area (Å²) in [6.45, 7) is 5.44. The zero-order chi connectivity index (χ0) is 13.1. The van der Waals surface area contributed by atoms with Crippen molar-refractivity contribution in [3.8, 4) is 0 Å². The number of anilines is 1. The molecule has 0 fully saturated rings. The number of hydrogen-bond donors (Lipinski definition) is 2. The van der Waals surface area contributed by atoms with Crippen LogP contribution in [-0.4, -0.2) is 11.4 Å². The molecule has 0 aliphatic carbocycles. The van der Waals surface area contributed by atoms with Gasteiger partial charge in [0, 0.05) is 0 Å². The Morgan fingerprint density at radius 2 is 2.18 bits per heavy atom. The van der Waals surface area contributed by atoms with Crippen molar-refractivity contribution in [1.82, 2.24) is 0 Å². The summed E-state index contributed by atoms with van der Waals surface area (Å²) in [5.74, 6) is -0.805. The fraction of sp³-hybridized carbons (Fsp3) is 0.462. The van der Waals surface area contributed by atoms with E-state index in [1.807, 2.05) is 13.8 Å². The lowest BCUT2D eigenvalue weighted by molar-refractivity contribution is -0.120. The van der Waals surface area contributed by atoms with Crippen LogP contribution in [0.5, 0.6) is 0 Å². The third kappa shape index (κ3) is 3.53. The molecule has 0 aliphatic rings. The Hall–Kier alpha value is -1.42. The van der Waals surface area contributed by atoms with Gasteiger partial charge in [-0.15, -0.1) is 0 Å². The molecule has 0 saturated carbocycles. The van der Waals surface area contributed by atoms with Gasteiger partial charge in [0.1, 0.15) is 5.82 Å². The Balaban J connectivity index is 2.84. The van der Waals surface area contributed by atoms with Crippen LogP contribution in [-0.2, 0) is 4.79 Å². The van der Waals surface area contributed by atoms with Gasteiger partial charge in [-0.05, 0) is 38.0 Å². The third-order valence-electron chi connectivity index (χ3n) is 2.66. The van der Waals surface area contributed by atoms with Crippen LogP contribution in [0.4, 0.5) is 10.1 Å². The summed E-state index contributed by atoms with van der Waals surface area (Å²) in [5, 5.41) is 2.54. The summed E-state index contributed by atoms with van der Waals surface area (Å²) in [4.78, 5) is 11.9. The van der Waals surface area contributed by atoms with Crippen molar-refractivity contribution >= 4 is 11.6 Å². The zero-order valence-electron chi connectivity index (χ0n) is 10.5. The minimum Gasteiger partial charge on any atom is -0.322 e. The van der Waals surface area contributed by atoms with E-state index in [0.29, 0.717) is 6.42 Å². The SMILES string of the molecule is CCCC(C)(N)C(=O)Nc1cc(C)ccc1F. The number of amides is 1. The molecule has 3 N–H and O–H groups in total. The predicted octanol–water partition coefficient (Wildman–Crippen LogP) is 2.59. The number of halogens is 1. The van der Waals surface area contributed by atoms with Gasteiger partial charge in [-0.1, -0.05) is 19.4 Å². The van der Waals surface area contributed by atoms with E-state index in [0.717, 1.165) is 12.0 Å². The Morgan fingerprint density at radius 3 is 2.76 bits per heavy atom. The van der Waals surface area contributed by atoms with Gasteiger partial charge in [0.15, 0.2) is 0 Å². The highest BCUT2D eigenvalue weighted by atomic mass is 19.1. The molecular formula is C13H19FN2O. The van der Waals surface area contributed by atoms with E-state index in [4.69, 9.17) is 5.73 Å². The van der Waals surface area contributed by atoms with Gasteiger partial charge >= 0.3 is 0 Å². The summed E-state index contributed by atoms with van der Waals surface area (Å²) < 4.78 is 13.4. The number of benzene rings is 1. The Morgan fingerprint density at radius 1 is 1.53 bits per heavy atom. The van der Waals surface area contributed by atoms with Crippen molar-refractivity contribution in [3.05, 3.63) is 29.6 Å². The molecule has 1 aromatic carbocycles. The maximum absolute atomic E-state index is 13.4. The number of carbonyl (C=O) groups excluding carboxylic acids is 1. The number of rotatable bonds is 4. The fourth-order valence-electron chi connectivity index (χ4n) is 1.63. The van der Waals surface area contributed by atoms with Crippen molar-refractivity contribution in [1.29, 1.82) is 0 Å². The maximum atomic E-state index is 13.4. The first-order chi connectivity index (χ1) is 7.86. The summed E-state index contributed by atoms with van der Waals surface area (Å²) >= 11 is 0. The normalized spacial score (nSPS) is 14.2. The van der Waals surface area contributed by atoms with Crippen molar-refractivity contribution < 1.29 is 9.18 Å². The van der Waals surface area contributed by atoms with E-state index in [-0.39, 0.29) is 11.6 Å². The van der Waals surface area contributed by atoms with Gasteiger partial charge in [0.05, 0.1) is 11.2 Å². The number of carbonyl (C=O) groups is 1. The van der Waals surface area contributed by atoms with Gasteiger partial charge in [-0.3, -0.25) is 4.79 Å². The summed E-state index contributed by atoms with van der Waals surface area (Å²) in [6, 6.07) is 4.58. The largest absolute Gasteiger partial charge is 0.322 e. The quantitative estimate of drug-likeness (QED) is 0.847. The maximum Gasteiger partial charge on any atom is 0.244 e. The lowest BCUT2D eigenvalue weighted by Gasteiger charge is -2.23. The van der Waals surface area contributed by atoms with E-state index < -0.39 is 11.4 Å². The van der Waals surface area contributed by atoms with Crippen LogP contribution in [0.2, 0.25) is 0 Å². The standard InChI is InChI=1S/C13H19FN2O/c1-4-7-13(3,15)12(17)16-11-8-9(2)5-6-10(11)14/h5-6,8H,4,7,15H2,1-3H3,(H,16,17). The van der Waals surface area contributed by atoms with E-state index >= 15 is 0 Å². The van der Waals surface area contributed by atoms with Crippen molar-refractivity contribution in [2.45, 2.75) is 39.2 Å². The van der Waals surface area contributed by atoms with Crippen LogP contribution < -0.4 is 11.1 Å². The van der Waals surface area contributed by atoms with Crippen LogP contribution in [0.1, 0.15) is 32.3 Å². The van der Waals surface area contributed by atoms with E-state index in [1.54, 1.807) is 19.1 Å². The highest BCUT2D eigenvalue weighted by molar-refractivity contribution is 5.97. The van der Waals surface area contributed by atoms with E-state index in [9.17, 15) is 9.18 Å². The third-order valence-corrected chi connectivity index (χ3v) is 2.66. The highest BCUT2D eigenvalue weighted by Crippen LogP contribution is 2.18. The molecule has 0 aromatic heterocycles. The van der Waals surface area contributed by atoms with Crippen LogP contribution in [0.15, 0.2) is 18.2 Å². The molecule has 0 heterocycles. The van der Waals surface area contributed by atoms with Crippen LogP contribution in [0.25, 0.3) is 0 Å². The molecule has 0 spiro atoms. The molecule has 17 heavy (non-hydrogen) atoms. The van der Waals surface area contributed by atoms with Gasteiger partial charge in [0.25, 0.3) is 0 Å². The lowest BCUT2D eigenvalue weighted by Crippen LogP contribution is -2.48. The first-order valence-electron chi connectivity index (χ1n) is 5.73. The Bertz CT molecular complexity index is 416. The first-order valence-corrected chi connectivity index (χ1v) is 5.73. The van der Waals surface area contributed by atoms with E-state index in [2.05, 4.69) is 5.32 Å². The summed E-state index contributed by atoms with van der Waals surface area (Å²) in [7, 11) is 0. The molecule has 0 saturated heterocycles. The molecule has 1 unspecified atom stereocenters. The van der Waals surface area contributed by atoms with Crippen molar-refractivity contribution in [2.24, 2.45) is 5.73 Å². The molecule has 3 nitrogen and oxygen atoms in total. The molecule has 1 atom stereocenters. The molecule has 0 bridgehead atoms. The van der Waals surface area contributed by atoms with Gasteiger partial charge < -0.3 is 11.1 Å². The average Bonchev–Trinajstić information content (AvgIpc) is 2.23. The molecule has 1 amide bonds. The van der Waals surface area contributed by atoms with Crippen LogP contribution in [0.3, 0.4) is 0 Å². The second kappa shape index (κ2) is 5.27. The number of nitrogens with two attached hydrogens (primary N) is 1. The molecule has 1 aromatic rings. The fourth-order valence-corrected chi connectivity index (χ4v) is 1.63. The second-order valence-electron chi connectivity index (χ2n) is 4.60. The Labute approximate surface area is 101 Å². The highest BCUT2D eigenvalue weighted by Gasteiger charge is 2.27. The van der Waals surface area contributed by atoms with Crippen LogP contribution >= 0.6 is 0 Å². The smallest absolute Gasteiger partial charge is 0.244 e. The molecular weight excluding hydrogens is 219 g/mol. The topological polar surface area (TPSA) is 55.1 Å². The Kier molecular flexibility index (Phi) is 4.23. The first kappa shape index (κ1) is 13.6. The summed E-state index contributed by atoms with van der Waals surface area (Å²) in [5.41, 5.74) is 5.97.